The molecule has 0 aliphatic heterocycles. The number of hydrogen-bond donors (Lipinski definition) is 2. The number of nitrogens with zero attached hydrogens (tertiary/aromatic N) is 3. The van der Waals surface area contributed by atoms with Gasteiger partial charge >= 0.3 is 0 Å². The van der Waals surface area contributed by atoms with E-state index in [4.69, 9.17) is 10.7 Å². The minimum absolute atomic E-state index is 0.0411. The van der Waals surface area contributed by atoms with Crippen molar-refractivity contribution in [1.82, 2.24) is 14.8 Å². The maximum absolute atomic E-state index is 13.8. The Morgan fingerprint density at radius 3 is 2.44 bits per heavy atom. The van der Waals surface area contributed by atoms with Crippen LogP contribution in [-0.2, 0) is 0 Å². The molecule has 0 bridgehead atoms. The van der Waals surface area contributed by atoms with Crippen molar-refractivity contribution in [3.05, 3.63) is 77.2 Å². The van der Waals surface area contributed by atoms with E-state index >= 15 is 0 Å². The maximum Gasteiger partial charge on any atom is 0.256 e. The molecule has 2 aromatic carbocycles. The van der Waals surface area contributed by atoms with E-state index < -0.39 is 17.6 Å². The van der Waals surface area contributed by atoms with Crippen molar-refractivity contribution < 1.29 is 14.0 Å². The van der Waals surface area contributed by atoms with Gasteiger partial charge in [0.25, 0.3) is 11.8 Å². The zero-order valence-electron chi connectivity index (χ0n) is 17.9. The summed E-state index contributed by atoms with van der Waals surface area (Å²) in [6, 6.07) is 13.3. The van der Waals surface area contributed by atoms with Gasteiger partial charge in [-0.25, -0.2) is 14.1 Å². The minimum Gasteiger partial charge on any atom is -0.366 e. The molecule has 0 atom stereocenters. The first-order valence-electron chi connectivity index (χ1n) is 10.1. The number of aromatic nitrogens is 3. The molecule has 7 nitrogen and oxygen atoms in total. The number of aryl methyl sites for hydroxylation is 1. The number of carbonyl (C=O) groups is 2. The van der Waals surface area contributed by atoms with Crippen LogP contribution < -0.4 is 11.1 Å². The number of carbonyl (C=O) groups excluding carboxylic acids is 2. The van der Waals surface area contributed by atoms with Crippen molar-refractivity contribution in [2.75, 3.05) is 5.32 Å². The van der Waals surface area contributed by atoms with Gasteiger partial charge < -0.3 is 11.1 Å². The third-order valence-corrected chi connectivity index (χ3v) is 5.14. The van der Waals surface area contributed by atoms with E-state index in [2.05, 4.69) is 10.4 Å². The minimum atomic E-state index is -0.912. The standard InChI is InChI=1S/C24H22FN5O2/c1-13(2)30-23-19(12-27-30)17(11-21(29-23)15-6-4-14(3)5-7-15)24(32)28-16-8-9-20(25)18(10-16)22(26)31/h4-13H,1-3H3,(H2,26,31)(H,28,32). The highest BCUT2D eigenvalue weighted by atomic mass is 19.1. The number of nitrogens with two attached hydrogens (primary N) is 1. The Labute approximate surface area is 184 Å². The number of benzene rings is 2. The monoisotopic (exact) mass is 431 g/mol. The van der Waals surface area contributed by atoms with Gasteiger partial charge in [-0.3, -0.25) is 9.59 Å². The fraction of sp³-hybridized carbons (Fsp3) is 0.167. The second kappa shape index (κ2) is 8.22. The summed E-state index contributed by atoms with van der Waals surface area (Å²) in [7, 11) is 0. The average molecular weight is 431 g/mol. The summed E-state index contributed by atoms with van der Waals surface area (Å²) < 4.78 is 15.6. The van der Waals surface area contributed by atoms with Gasteiger partial charge in [-0.2, -0.15) is 5.10 Å². The summed E-state index contributed by atoms with van der Waals surface area (Å²) >= 11 is 0. The molecule has 0 fully saturated rings. The SMILES string of the molecule is Cc1ccc(-c2cc(C(=O)Nc3ccc(F)c(C(N)=O)c3)c3cnn(C(C)C)c3n2)cc1. The molecule has 32 heavy (non-hydrogen) atoms. The smallest absolute Gasteiger partial charge is 0.256 e. The van der Waals surface area contributed by atoms with E-state index in [0.29, 0.717) is 22.3 Å². The number of anilines is 1. The molecule has 2 amide bonds. The van der Waals surface area contributed by atoms with Crippen molar-refractivity contribution in [3.63, 3.8) is 0 Å². The molecule has 0 unspecified atom stereocenters. The molecular formula is C24H22FN5O2. The number of primary amides is 1. The Hall–Kier alpha value is -4.07. The summed E-state index contributed by atoms with van der Waals surface area (Å²) in [5.41, 5.74) is 8.72. The van der Waals surface area contributed by atoms with Crippen LogP contribution in [0.3, 0.4) is 0 Å². The highest BCUT2D eigenvalue weighted by Crippen LogP contribution is 2.27. The van der Waals surface area contributed by atoms with Crippen LogP contribution in [-0.4, -0.2) is 26.6 Å². The number of pyridine rings is 1. The third-order valence-electron chi connectivity index (χ3n) is 5.14. The second-order valence-corrected chi connectivity index (χ2v) is 7.85. The van der Waals surface area contributed by atoms with E-state index in [1.54, 1.807) is 16.9 Å². The molecular weight excluding hydrogens is 409 g/mol. The van der Waals surface area contributed by atoms with Gasteiger partial charge in [0.05, 0.1) is 28.4 Å². The zero-order valence-corrected chi connectivity index (χ0v) is 17.9. The molecule has 2 aromatic heterocycles. The first-order chi connectivity index (χ1) is 15.2. The number of fused-ring (bicyclic) bond motifs is 1. The molecule has 162 valence electrons. The summed E-state index contributed by atoms with van der Waals surface area (Å²) in [5.74, 6) is -2.09. The molecule has 0 spiro atoms. The van der Waals surface area contributed by atoms with E-state index in [1.807, 2.05) is 45.0 Å². The van der Waals surface area contributed by atoms with Crippen molar-refractivity contribution in [1.29, 1.82) is 0 Å². The zero-order chi connectivity index (χ0) is 23.0. The molecule has 0 aliphatic rings. The lowest BCUT2D eigenvalue weighted by atomic mass is 10.0. The normalized spacial score (nSPS) is 11.2. The highest BCUT2D eigenvalue weighted by Gasteiger charge is 2.19. The Kier molecular flexibility index (Phi) is 5.44. The van der Waals surface area contributed by atoms with Gasteiger partial charge in [-0.05, 0) is 45.0 Å². The predicted octanol–water partition coefficient (Wildman–Crippen LogP) is 4.48. The average Bonchev–Trinajstić information content (AvgIpc) is 3.19. The lowest BCUT2D eigenvalue weighted by Gasteiger charge is -2.12. The van der Waals surface area contributed by atoms with Crippen LogP contribution in [0.15, 0.2) is 54.7 Å². The largest absolute Gasteiger partial charge is 0.366 e. The molecule has 2 heterocycles. The lowest BCUT2D eigenvalue weighted by Crippen LogP contribution is -2.16. The quantitative estimate of drug-likeness (QED) is 0.486. The third kappa shape index (κ3) is 3.94. The van der Waals surface area contributed by atoms with Gasteiger partial charge in [0.1, 0.15) is 5.82 Å². The molecule has 0 saturated carbocycles. The van der Waals surface area contributed by atoms with Gasteiger partial charge in [0, 0.05) is 17.3 Å². The van der Waals surface area contributed by atoms with Gasteiger partial charge in [0.2, 0.25) is 0 Å². The van der Waals surface area contributed by atoms with E-state index in [-0.39, 0.29) is 17.3 Å². The predicted molar refractivity (Wildman–Crippen MR) is 121 cm³/mol. The van der Waals surface area contributed by atoms with Crippen molar-refractivity contribution in [2.24, 2.45) is 5.73 Å². The summed E-state index contributed by atoms with van der Waals surface area (Å²) in [5, 5.41) is 7.71. The fourth-order valence-corrected chi connectivity index (χ4v) is 3.45. The summed E-state index contributed by atoms with van der Waals surface area (Å²) in [6.07, 6.45) is 1.61. The molecule has 3 N–H and O–H groups in total. The molecule has 4 rings (SSSR count). The number of rotatable bonds is 5. The number of nitrogens with one attached hydrogen (secondary N) is 1. The van der Waals surface area contributed by atoms with Gasteiger partial charge in [-0.15, -0.1) is 0 Å². The first-order valence-corrected chi connectivity index (χ1v) is 10.1. The molecule has 0 aliphatic carbocycles. The molecule has 4 aromatic rings. The van der Waals surface area contributed by atoms with E-state index in [1.165, 1.54) is 12.1 Å². The summed E-state index contributed by atoms with van der Waals surface area (Å²) in [6.45, 7) is 5.96. The van der Waals surface area contributed by atoms with E-state index in [9.17, 15) is 14.0 Å². The molecule has 0 saturated heterocycles. The number of hydrogen-bond acceptors (Lipinski definition) is 4. The van der Waals surface area contributed by atoms with Crippen molar-refractivity contribution >= 4 is 28.5 Å². The van der Waals surface area contributed by atoms with Crippen LogP contribution in [0.5, 0.6) is 0 Å². The summed E-state index contributed by atoms with van der Waals surface area (Å²) in [4.78, 5) is 29.4. The first kappa shape index (κ1) is 21.2. The van der Waals surface area contributed by atoms with Gasteiger partial charge in [0.15, 0.2) is 5.65 Å². The number of halogens is 1. The van der Waals surface area contributed by atoms with Crippen molar-refractivity contribution in [2.45, 2.75) is 26.8 Å². The van der Waals surface area contributed by atoms with E-state index in [0.717, 1.165) is 17.2 Å². The van der Waals surface area contributed by atoms with Crippen molar-refractivity contribution in [3.8, 4) is 11.3 Å². The van der Waals surface area contributed by atoms with Crippen LogP contribution in [0.4, 0.5) is 10.1 Å². The Bertz CT molecular complexity index is 1340. The van der Waals surface area contributed by atoms with Crippen LogP contribution in [0.25, 0.3) is 22.3 Å². The lowest BCUT2D eigenvalue weighted by molar-refractivity contribution is 0.0992. The second-order valence-electron chi connectivity index (χ2n) is 7.85. The molecule has 8 heteroatoms. The Balaban J connectivity index is 1.82. The van der Waals surface area contributed by atoms with Crippen LogP contribution in [0.2, 0.25) is 0 Å². The maximum atomic E-state index is 13.8. The van der Waals surface area contributed by atoms with Gasteiger partial charge in [-0.1, -0.05) is 29.8 Å². The molecule has 0 radical (unpaired) electrons. The Morgan fingerprint density at radius 2 is 1.78 bits per heavy atom. The van der Waals surface area contributed by atoms with Crippen LogP contribution in [0.1, 0.15) is 46.2 Å². The highest BCUT2D eigenvalue weighted by molar-refractivity contribution is 6.13. The topological polar surface area (TPSA) is 103 Å². The number of amides is 2. The van der Waals surface area contributed by atoms with Crippen LogP contribution in [0, 0.1) is 12.7 Å². The van der Waals surface area contributed by atoms with Crippen LogP contribution >= 0.6 is 0 Å². The Morgan fingerprint density at radius 1 is 1.06 bits per heavy atom. The fourth-order valence-electron chi connectivity index (χ4n) is 3.45.